The zero-order valence-electron chi connectivity index (χ0n) is 12.3. The summed E-state index contributed by atoms with van der Waals surface area (Å²) in [5, 5.41) is 12.0. The fourth-order valence-corrected chi connectivity index (χ4v) is 3.68. The Morgan fingerprint density at radius 3 is 2.65 bits per heavy atom. The fourth-order valence-electron chi connectivity index (χ4n) is 2.87. The predicted octanol–water partition coefficient (Wildman–Crippen LogP) is 0.328. The van der Waals surface area contributed by atoms with Crippen molar-refractivity contribution in [1.29, 1.82) is 0 Å². The molecule has 124 valence electrons. The van der Waals surface area contributed by atoms with E-state index in [4.69, 9.17) is 4.74 Å². The number of nitrogens with one attached hydrogen (secondary N) is 3. The van der Waals surface area contributed by atoms with Crippen LogP contribution in [0.2, 0.25) is 0 Å². The van der Waals surface area contributed by atoms with Gasteiger partial charge in [-0.3, -0.25) is 4.79 Å². The first-order valence-corrected chi connectivity index (χ1v) is 8.28. The van der Waals surface area contributed by atoms with Crippen molar-refractivity contribution in [2.45, 2.75) is 28.9 Å². The van der Waals surface area contributed by atoms with Gasteiger partial charge in [0.05, 0.1) is 17.5 Å². The number of rotatable bonds is 4. The normalized spacial score (nSPS) is 33.5. The fraction of sp³-hybridized carbons (Fsp3) is 0.467. The minimum atomic E-state index is -1.34. The minimum absolute atomic E-state index is 0.0106. The highest BCUT2D eigenvalue weighted by Crippen LogP contribution is 2.29. The highest BCUT2D eigenvalue weighted by molar-refractivity contribution is 9.09. The molecule has 3 rings (SSSR count). The summed E-state index contributed by atoms with van der Waals surface area (Å²) in [6, 6.07) is 9.05. The van der Waals surface area contributed by atoms with E-state index in [0.29, 0.717) is 6.61 Å². The molecule has 2 aliphatic rings. The number of ether oxygens (including phenoxy) is 1. The van der Waals surface area contributed by atoms with E-state index >= 15 is 0 Å². The lowest BCUT2D eigenvalue weighted by atomic mass is 9.97. The Bertz CT molecular complexity index is 592. The van der Waals surface area contributed by atoms with Gasteiger partial charge in [0, 0.05) is 13.0 Å². The number of amides is 1. The van der Waals surface area contributed by atoms with E-state index in [0.717, 1.165) is 5.56 Å². The molecule has 2 aliphatic heterocycles. The van der Waals surface area contributed by atoms with Crippen LogP contribution in [0, 0.1) is 0 Å². The van der Waals surface area contributed by atoms with Gasteiger partial charge in [-0.1, -0.05) is 46.3 Å². The quantitative estimate of drug-likeness (QED) is 0.559. The predicted molar refractivity (Wildman–Crippen MR) is 85.9 cm³/mol. The molecule has 4 unspecified atom stereocenters. The topological polar surface area (TPSA) is 99.7 Å². The van der Waals surface area contributed by atoms with Gasteiger partial charge in [-0.2, -0.15) is 0 Å². The van der Waals surface area contributed by atoms with Gasteiger partial charge in [-0.25, -0.2) is 15.6 Å². The maximum Gasteiger partial charge on any atom is 0.331 e. The average molecular weight is 384 g/mol. The maximum absolute atomic E-state index is 12.5. The second-order valence-corrected chi connectivity index (χ2v) is 6.84. The van der Waals surface area contributed by atoms with E-state index in [1.54, 1.807) is 0 Å². The summed E-state index contributed by atoms with van der Waals surface area (Å²) < 4.78 is 5.16. The molecule has 2 saturated heterocycles. The van der Waals surface area contributed by atoms with Crippen LogP contribution in [-0.4, -0.2) is 46.6 Å². The number of carbonyl (C=O) groups is 2. The minimum Gasteiger partial charge on any atom is -0.479 e. The molecule has 0 bridgehead atoms. The van der Waals surface area contributed by atoms with Gasteiger partial charge in [-0.15, -0.1) is 0 Å². The summed E-state index contributed by atoms with van der Waals surface area (Å²) in [7, 11) is 0. The summed E-state index contributed by atoms with van der Waals surface area (Å²) in [4.78, 5) is 23.8. The number of carbonyl (C=O) groups excluding carboxylic acids is 1. The number of halogens is 1. The number of alkyl halides is 1. The van der Waals surface area contributed by atoms with Crippen LogP contribution in [0.5, 0.6) is 0 Å². The van der Waals surface area contributed by atoms with Crippen LogP contribution < -0.4 is 16.2 Å². The van der Waals surface area contributed by atoms with Gasteiger partial charge < -0.3 is 15.2 Å². The molecule has 2 fully saturated rings. The molecule has 1 aromatic carbocycles. The van der Waals surface area contributed by atoms with Crippen LogP contribution in [0.1, 0.15) is 18.0 Å². The number of hydrogen-bond donors (Lipinski definition) is 4. The highest BCUT2D eigenvalue weighted by Gasteiger charge is 2.47. The number of hydrazine groups is 1. The maximum atomic E-state index is 12.5. The Hall–Kier alpha value is -1.48. The summed E-state index contributed by atoms with van der Waals surface area (Å²) in [5.74, 6) is -1.44. The standard InChI is InChI=1S/C15H18BrN3O4/c16-10-11(9-4-2-1-3-5-9)18-19-12(10)13(20)17-15(14(21)22)6-7-23-8-15/h1-5,10-12,18-19H,6-8H2,(H,17,20)(H,21,22). The monoisotopic (exact) mass is 383 g/mol. The number of aliphatic carboxylic acids is 1. The number of carboxylic acid groups (broad SMARTS) is 1. The Morgan fingerprint density at radius 1 is 1.30 bits per heavy atom. The highest BCUT2D eigenvalue weighted by atomic mass is 79.9. The number of benzene rings is 1. The Balaban J connectivity index is 1.70. The van der Waals surface area contributed by atoms with Crippen molar-refractivity contribution < 1.29 is 19.4 Å². The first-order valence-electron chi connectivity index (χ1n) is 7.37. The molecule has 0 saturated carbocycles. The Labute approximate surface area is 141 Å². The molecular formula is C15H18BrN3O4. The first-order chi connectivity index (χ1) is 11.0. The SMILES string of the molecule is O=C(NC1(C(=O)O)CCOC1)C1NNC(c2ccccc2)C1Br. The average Bonchev–Trinajstić information content (AvgIpc) is 3.16. The second kappa shape index (κ2) is 6.56. The number of hydrogen-bond acceptors (Lipinski definition) is 5. The van der Waals surface area contributed by atoms with Crippen LogP contribution in [0.15, 0.2) is 30.3 Å². The van der Waals surface area contributed by atoms with E-state index < -0.39 is 17.6 Å². The molecule has 0 aliphatic carbocycles. The third-order valence-electron chi connectivity index (χ3n) is 4.27. The van der Waals surface area contributed by atoms with Crippen LogP contribution in [0.25, 0.3) is 0 Å². The molecule has 4 N–H and O–H groups in total. The molecule has 2 heterocycles. The molecular weight excluding hydrogens is 366 g/mol. The third-order valence-corrected chi connectivity index (χ3v) is 5.32. The van der Waals surface area contributed by atoms with Crippen molar-refractivity contribution in [2.75, 3.05) is 13.2 Å². The summed E-state index contributed by atoms with van der Waals surface area (Å²) in [6.07, 6.45) is 0.267. The lowest BCUT2D eigenvalue weighted by molar-refractivity contribution is -0.147. The van der Waals surface area contributed by atoms with Crippen molar-refractivity contribution in [1.82, 2.24) is 16.2 Å². The molecule has 0 aromatic heterocycles. The van der Waals surface area contributed by atoms with Crippen molar-refractivity contribution in [3.8, 4) is 0 Å². The molecule has 23 heavy (non-hydrogen) atoms. The Kier molecular flexibility index (Phi) is 4.67. The second-order valence-electron chi connectivity index (χ2n) is 5.78. The van der Waals surface area contributed by atoms with Crippen molar-refractivity contribution in [3.05, 3.63) is 35.9 Å². The largest absolute Gasteiger partial charge is 0.479 e. The van der Waals surface area contributed by atoms with Gasteiger partial charge in [0.2, 0.25) is 5.91 Å². The molecule has 4 atom stereocenters. The smallest absolute Gasteiger partial charge is 0.331 e. The van der Waals surface area contributed by atoms with Gasteiger partial charge in [-0.05, 0) is 5.56 Å². The van der Waals surface area contributed by atoms with Crippen LogP contribution >= 0.6 is 15.9 Å². The summed E-state index contributed by atoms with van der Waals surface area (Å²) in [6.45, 7) is 0.316. The van der Waals surface area contributed by atoms with E-state index in [1.807, 2.05) is 30.3 Å². The van der Waals surface area contributed by atoms with E-state index in [2.05, 4.69) is 32.1 Å². The molecule has 1 amide bonds. The first kappa shape index (κ1) is 16.4. The van der Waals surface area contributed by atoms with Crippen LogP contribution in [0.4, 0.5) is 0 Å². The molecule has 7 nitrogen and oxygen atoms in total. The number of carboxylic acids is 1. The molecule has 0 spiro atoms. The lowest BCUT2D eigenvalue weighted by Crippen LogP contribution is -2.60. The van der Waals surface area contributed by atoms with E-state index in [9.17, 15) is 14.7 Å². The summed E-state index contributed by atoms with van der Waals surface area (Å²) >= 11 is 3.55. The molecule has 1 aromatic rings. The van der Waals surface area contributed by atoms with Crippen molar-refractivity contribution in [3.63, 3.8) is 0 Å². The van der Waals surface area contributed by atoms with E-state index in [1.165, 1.54) is 0 Å². The van der Waals surface area contributed by atoms with Gasteiger partial charge >= 0.3 is 5.97 Å². The zero-order valence-corrected chi connectivity index (χ0v) is 13.9. The van der Waals surface area contributed by atoms with Crippen molar-refractivity contribution >= 4 is 27.8 Å². The van der Waals surface area contributed by atoms with Crippen LogP contribution in [0.3, 0.4) is 0 Å². The van der Waals surface area contributed by atoms with Gasteiger partial charge in [0.1, 0.15) is 6.04 Å². The summed E-state index contributed by atoms with van der Waals surface area (Å²) in [5.41, 5.74) is 5.73. The van der Waals surface area contributed by atoms with Crippen LogP contribution in [-0.2, 0) is 14.3 Å². The van der Waals surface area contributed by atoms with E-state index in [-0.39, 0.29) is 29.8 Å². The lowest BCUT2D eigenvalue weighted by Gasteiger charge is -2.26. The van der Waals surface area contributed by atoms with Crippen molar-refractivity contribution in [2.24, 2.45) is 0 Å². The molecule has 8 heteroatoms. The Morgan fingerprint density at radius 2 is 2.04 bits per heavy atom. The van der Waals surface area contributed by atoms with Gasteiger partial charge in [0.25, 0.3) is 0 Å². The third kappa shape index (κ3) is 3.12. The zero-order chi connectivity index (χ0) is 16.4. The van der Waals surface area contributed by atoms with Gasteiger partial charge in [0.15, 0.2) is 5.54 Å². The molecule has 0 radical (unpaired) electrons.